The van der Waals surface area contributed by atoms with Gasteiger partial charge in [-0.05, 0) is 67.9 Å². The molecular formula is C28H29F2N5O4. The number of halogens is 2. The Bertz CT molecular complexity index is 1600. The van der Waals surface area contributed by atoms with Gasteiger partial charge in [0.05, 0.1) is 24.1 Å². The highest BCUT2D eigenvalue weighted by molar-refractivity contribution is 5.93. The topological polar surface area (TPSA) is 101 Å². The Morgan fingerprint density at radius 2 is 1.82 bits per heavy atom. The van der Waals surface area contributed by atoms with Crippen molar-refractivity contribution in [3.63, 3.8) is 0 Å². The van der Waals surface area contributed by atoms with Crippen LogP contribution in [0.5, 0.6) is 5.75 Å². The van der Waals surface area contributed by atoms with Crippen molar-refractivity contribution in [2.45, 2.75) is 25.9 Å². The zero-order valence-corrected chi connectivity index (χ0v) is 21.3. The molecule has 0 unspecified atom stereocenters. The summed E-state index contributed by atoms with van der Waals surface area (Å²) in [5, 5.41) is 2.66. The zero-order chi connectivity index (χ0) is 27.4. The van der Waals surface area contributed by atoms with Gasteiger partial charge in [0.2, 0.25) is 0 Å². The van der Waals surface area contributed by atoms with Crippen LogP contribution in [0, 0.1) is 11.6 Å². The standard InChI is InChI=1S/C28H29F2N5O4/c29-22-7-5-19(16-23(22)30)18-34-12-3-4-21(27(34)37)26(36)31-9-15-39-20-6-8-25-24(17-20)32-28(38)35(25)14-13-33-10-1-2-11-33/h3-8,12,16-17H,1-2,9-11,13-15,18H2,(H,31,36)(H,32,38). The van der Waals surface area contributed by atoms with Gasteiger partial charge < -0.3 is 24.5 Å². The van der Waals surface area contributed by atoms with Gasteiger partial charge in [0.1, 0.15) is 17.9 Å². The van der Waals surface area contributed by atoms with E-state index in [-0.39, 0.29) is 30.9 Å². The highest BCUT2D eigenvalue weighted by atomic mass is 19.2. The van der Waals surface area contributed by atoms with Gasteiger partial charge >= 0.3 is 5.69 Å². The summed E-state index contributed by atoms with van der Waals surface area (Å²) in [4.78, 5) is 43.1. The number of benzene rings is 2. The minimum absolute atomic E-state index is 0.00911. The Morgan fingerprint density at radius 3 is 2.62 bits per heavy atom. The van der Waals surface area contributed by atoms with E-state index in [1.165, 1.54) is 35.7 Å². The van der Waals surface area contributed by atoms with Gasteiger partial charge in [-0.1, -0.05) is 6.07 Å². The summed E-state index contributed by atoms with van der Waals surface area (Å²) in [6.07, 6.45) is 3.88. The van der Waals surface area contributed by atoms with E-state index in [0.29, 0.717) is 23.4 Å². The highest BCUT2D eigenvalue weighted by Crippen LogP contribution is 2.19. The van der Waals surface area contributed by atoms with Gasteiger partial charge in [-0.2, -0.15) is 0 Å². The van der Waals surface area contributed by atoms with Crippen molar-refractivity contribution >= 4 is 16.9 Å². The second-order valence-electron chi connectivity index (χ2n) is 9.52. The van der Waals surface area contributed by atoms with Crippen LogP contribution < -0.4 is 21.3 Å². The Balaban J connectivity index is 1.15. The number of pyridine rings is 1. The normalized spacial score (nSPS) is 13.7. The monoisotopic (exact) mass is 537 g/mol. The highest BCUT2D eigenvalue weighted by Gasteiger charge is 2.15. The molecule has 204 valence electrons. The largest absolute Gasteiger partial charge is 0.492 e. The lowest BCUT2D eigenvalue weighted by Crippen LogP contribution is -2.34. The quantitative estimate of drug-likeness (QED) is 0.303. The number of carbonyl (C=O) groups excluding carboxylic acids is 1. The van der Waals surface area contributed by atoms with E-state index in [4.69, 9.17) is 4.74 Å². The number of aromatic nitrogens is 3. The molecule has 1 aliphatic heterocycles. The number of ether oxygens (including phenoxy) is 1. The fraction of sp³-hybridized carbons (Fsp3) is 0.321. The molecule has 0 saturated carbocycles. The van der Waals surface area contributed by atoms with E-state index >= 15 is 0 Å². The van der Waals surface area contributed by atoms with Crippen molar-refractivity contribution in [3.8, 4) is 5.75 Å². The van der Waals surface area contributed by atoms with Crippen LogP contribution in [0.25, 0.3) is 11.0 Å². The third kappa shape index (κ3) is 6.09. The average molecular weight is 538 g/mol. The number of imidazole rings is 1. The second kappa shape index (κ2) is 11.6. The first-order valence-electron chi connectivity index (χ1n) is 12.9. The summed E-state index contributed by atoms with van der Waals surface area (Å²) in [6, 6.07) is 11.7. The van der Waals surface area contributed by atoms with Gasteiger partial charge in [-0.15, -0.1) is 0 Å². The number of hydrogen-bond donors (Lipinski definition) is 2. The van der Waals surface area contributed by atoms with E-state index in [2.05, 4.69) is 15.2 Å². The van der Waals surface area contributed by atoms with E-state index < -0.39 is 23.1 Å². The van der Waals surface area contributed by atoms with E-state index in [9.17, 15) is 23.2 Å². The van der Waals surface area contributed by atoms with Crippen LogP contribution in [0.4, 0.5) is 8.78 Å². The van der Waals surface area contributed by atoms with Crippen LogP contribution in [0.1, 0.15) is 28.8 Å². The molecule has 1 amide bonds. The first-order valence-corrected chi connectivity index (χ1v) is 12.9. The summed E-state index contributed by atoms with van der Waals surface area (Å²) in [5.74, 6) is -2.01. The average Bonchev–Trinajstić information content (AvgIpc) is 3.55. The summed E-state index contributed by atoms with van der Waals surface area (Å²) in [5.41, 5.74) is 1.09. The lowest BCUT2D eigenvalue weighted by atomic mass is 10.2. The molecule has 1 fully saturated rings. The van der Waals surface area contributed by atoms with Crippen molar-refractivity contribution < 1.29 is 18.3 Å². The fourth-order valence-electron chi connectivity index (χ4n) is 4.80. The van der Waals surface area contributed by atoms with Gasteiger partial charge in [0, 0.05) is 25.4 Å². The number of aromatic amines is 1. The molecule has 3 heterocycles. The van der Waals surface area contributed by atoms with Gasteiger partial charge in [-0.3, -0.25) is 14.2 Å². The van der Waals surface area contributed by atoms with Crippen molar-refractivity contribution in [3.05, 3.63) is 98.3 Å². The molecular weight excluding hydrogens is 508 g/mol. The lowest BCUT2D eigenvalue weighted by Gasteiger charge is -2.14. The molecule has 0 atom stereocenters. The summed E-state index contributed by atoms with van der Waals surface area (Å²) >= 11 is 0. The minimum atomic E-state index is -1.00. The second-order valence-corrected chi connectivity index (χ2v) is 9.52. The maximum Gasteiger partial charge on any atom is 0.326 e. The molecule has 1 saturated heterocycles. The maximum atomic E-state index is 13.5. The van der Waals surface area contributed by atoms with Crippen LogP contribution in [-0.2, 0) is 13.1 Å². The summed E-state index contributed by atoms with van der Waals surface area (Å²) in [6.45, 7) is 3.88. The fourth-order valence-corrected chi connectivity index (χ4v) is 4.80. The number of fused-ring (bicyclic) bond motifs is 1. The molecule has 2 aromatic carbocycles. The van der Waals surface area contributed by atoms with E-state index in [0.717, 1.165) is 37.3 Å². The first-order chi connectivity index (χ1) is 18.9. The molecule has 0 spiro atoms. The molecule has 1 aliphatic rings. The number of H-pyrrole nitrogens is 1. The van der Waals surface area contributed by atoms with Crippen LogP contribution >= 0.6 is 0 Å². The van der Waals surface area contributed by atoms with Gasteiger partial charge in [-0.25, -0.2) is 13.6 Å². The zero-order valence-electron chi connectivity index (χ0n) is 21.3. The molecule has 9 nitrogen and oxygen atoms in total. The molecule has 5 rings (SSSR count). The first kappa shape index (κ1) is 26.4. The van der Waals surface area contributed by atoms with Crippen LogP contribution in [0.3, 0.4) is 0 Å². The number of nitrogens with zero attached hydrogens (tertiary/aromatic N) is 3. The third-order valence-electron chi connectivity index (χ3n) is 6.84. The van der Waals surface area contributed by atoms with E-state index in [1.807, 2.05) is 6.07 Å². The Labute approximate surface area is 222 Å². The Morgan fingerprint density at radius 1 is 1.00 bits per heavy atom. The minimum Gasteiger partial charge on any atom is -0.492 e. The van der Waals surface area contributed by atoms with Gasteiger partial charge in [0.25, 0.3) is 11.5 Å². The molecule has 2 aromatic heterocycles. The molecule has 39 heavy (non-hydrogen) atoms. The molecule has 4 aromatic rings. The summed E-state index contributed by atoms with van der Waals surface area (Å²) in [7, 11) is 0. The van der Waals surface area contributed by atoms with E-state index in [1.54, 1.807) is 22.8 Å². The van der Waals surface area contributed by atoms with Crippen molar-refractivity contribution in [2.75, 3.05) is 32.8 Å². The molecule has 0 radical (unpaired) electrons. The number of rotatable bonds is 10. The molecule has 2 N–H and O–H groups in total. The SMILES string of the molecule is O=C(NCCOc1ccc2c(c1)[nH]c(=O)n2CCN1CCCC1)c1cccn(Cc2ccc(F)c(F)c2)c1=O. The smallest absolute Gasteiger partial charge is 0.326 e. The van der Waals surface area contributed by atoms with Crippen LogP contribution in [0.2, 0.25) is 0 Å². The molecule has 0 bridgehead atoms. The number of amides is 1. The number of likely N-dealkylation sites (tertiary alicyclic amines) is 1. The van der Waals surface area contributed by atoms with Crippen molar-refractivity contribution in [2.24, 2.45) is 0 Å². The maximum absolute atomic E-state index is 13.5. The van der Waals surface area contributed by atoms with Gasteiger partial charge in [0.15, 0.2) is 11.6 Å². The van der Waals surface area contributed by atoms with Crippen molar-refractivity contribution in [1.82, 2.24) is 24.3 Å². The predicted molar refractivity (Wildman–Crippen MR) is 142 cm³/mol. The number of hydrogen-bond acceptors (Lipinski definition) is 5. The predicted octanol–water partition coefficient (Wildman–Crippen LogP) is 2.72. The Kier molecular flexibility index (Phi) is 7.87. The Hall–Kier alpha value is -4.25. The number of carbonyl (C=O) groups is 1. The van der Waals surface area contributed by atoms with Crippen LogP contribution in [-0.4, -0.2) is 57.7 Å². The molecule has 0 aliphatic carbocycles. The third-order valence-corrected chi connectivity index (χ3v) is 6.84. The summed E-state index contributed by atoms with van der Waals surface area (Å²) < 4.78 is 35.4. The molecule has 11 heteroatoms. The van der Waals surface area contributed by atoms with Crippen LogP contribution in [0.15, 0.2) is 64.3 Å². The lowest BCUT2D eigenvalue weighted by molar-refractivity contribution is 0.0945. The number of nitrogens with one attached hydrogen (secondary N) is 2. The van der Waals surface area contributed by atoms with Crippen molar-refractivity contribution in [1.29, 1.82) is 0 Å².